The van der Waals surface area contributed by atoms with Crippen molar-refractivity contribution in [2.24, 2.45) is 0 Å². The van der Waals surface area contributed by atoms with Gasteiger partial charge in [0.05, 0.1) is 6.10 Å². The largest absolute Gasteiger partial charge is 0.391 e. The molecule has 5 atom stereocenters. The second-order valence-electron chi connectivity index (χ2n) is 3.07. The lowest BCUT2D eigenvalue weighted by molar-refractivity contribution is -0.181. The lowest BCUT2D eigenvalue weighted by Crippen LogP contribution is -2.57. The molecule has 5 N–H and O–H groups in total. The number of hydrogen-bond acceptors (Lipinski definition) is 6. The maximum absolute atomic E-state index is 10.3. The Morgan fingerprint density at radius 2 is 1.93 bits per heavy atom. The Morgan fingerprint density at radius 1 is 1.36 bits per heavy atom. The summed E-state index contributed by atoms with van der Waals surface area (Å²) < 4.78 is 13.7. The van der Waals surface area contributed by atoms with Gasteiger partial charge in [0.25, 0.3) is 0 Å². The average Bonchev–Trinajstić information content (AvgIpc) is 2.33. The van der Waals surface area contributed by atoms with Gasteiger partial charge in [-0.1, -0.05) is 0 Å². The molecule has 0 aromatic carbocycles. The first-order valence-corrected chi connectivity index (χ1v) is 3.83. The molecule has 84 valence electrons. The average molecular weight is 210 g/mol. The minimum absolute atomic E-state index is 0.0858. The van der Waals surface area contributed by atoms with Crippen molar-refractivity contribution in [2.75, 3.05) is 0 Å². The lowest BCUT2D eigenvalue weighted by Gasteiger charge is -2.34. The predicted octanol–water partition coefficient (Wildman–Crippen LogP) is -2.60. The second kappa shape index (κ2) is 4.81. The van der Waals surface area contributed by atoms with Crippen LogP contribution in [-0.2, 0) is 4.79 Å². The molecule has 0 spiro atoms. The van der Waals surface area contributed by atoms with Crippen LogP contribution >= 0.6 is 0 Å². The summed E-state index contributed by atoms with van der Waals surface area (Å²) in [4.78, 5) is 10.3. The monoisotopic (exact) mass is 210 g/mol. The zero-order chi connectivity index (χ0) is 12.9. The molecule has 0 bridgehead atoms. The first-order valence-electron chi connectivity index (χ1n) is 5.25. The second-order valence-corrected chi connectivity index (χ2v) is 3.07. The minimum atomic E-state index is -2.57. The summed E-state index contributed by atoms with van der Waals surface area (Å²) in [5.41, 5.74) is -2.57. The van der Waals surface area contributed by atoms with E-state index >= 15 is 0 Å². The van der Waals surface area contributed by atoms with E-state index in [1.54, 1.807) is 0 Å². The molecule has 0 saturated heterocycles. The van der Waals surface area contributed by atoms with Crippen LogP contribution in [0, 0.1) is 0 Å². The molecule has 0 heterocycles. The van der Waals surface area contributed by atoms with Crippen LogP contribution in [0.15, 0.2) is 0 Å². The molecule has 0 aliphatic carbocycles. The summed E-state index contributed by atoms with van der Waals surface area (Å²) in [6.07, 6.45) is -7.83. The normalized spacial score (nSPS) is 26.4. The van der Waals surface area contributed by atoms with Gasteiger partial charge in [0, 0.05) is 2.74 Å². The maximum Gasteiger partial charge on any atom is 0.151 e. The fourth-order valence-corrected chi connectivity index (χ4v) is 0.799. The smallest absolute Gasteiger partial charge is 0.151 e. The highest BCUT2D eigenvalue weighted by molar-refractivity contribution is 5.58. The Bertz CT molecular complexity index is 229. The van der Waals surface area contributed by atoms with E-state index in [1.807, 2.05) is 0 Å². The molecule has 0 amide bonds. The number of hydrogen-bond donors (Lipinski definition) is 5. The zero-order valence-electron chi connectivity index (χ0n) is 9.45. The van der Waals surface area contributed by atoms with Crippen molar-refractivity contribution in [3.05, 3.63) is 0 Å². The van der Waals surface area contributed by atoms with E-state index < -0.39 is 43.8 Å². The van der Waals surface area contributed by atoms with Crippen molar-refractivity contribution >= 4 is 6.29 Å². The number of aliphatic hydroxyl groups is 5. The summed E-state index contributed by atoms with van der Waals surface area (Å²) in [7, 11) is 0. The van der Waals surface area contributed by atoms with Crippen LogP contribution in [0.4, 0.5) is 0 Å². The van der Waals surface area contributed by atoms with Crippen molar-refractivity contribution < 1.29 is 33.1 Å². The highest BCUT2D eigenvalue weighted by atomic mass is 16.4. The van der Waals surface area contributed by atoms with Gasteiger partial charge in [0.15, 0.2) is 6.29 Å². The Labute approximate surface area is 84.2 Å². The molecule has 0 radical (unpaired) electrons. The SMILES string of the molecule is [2H]CC(O)[C@@H](O)[C@@H](O)[C@@](O)(C[2H])[C@@H](O)C=O. The van der Waals surface area contributed by atoms with Crippen LogP contribution in [-0.4, -0.2) is 61.8 Å². The van der Waals surface area contributed by atoms with E-state index in [0.29, 0.717) is 0 Å². The number of carbonyl (C=O) groups excluding carboxylic acids is 1. The Morgan fingerprint density at radius 3 is 2.29 bits per heavy atom. The van der Waals surface area contributed by atoms with Crippen LogP contribution in [0.1, 0.15) is 16.5 Å². The van der Waals surface area contributed by atoms with E-state index in [9.17, 15) is 20.1 Å². The van der Waals surface area contributed by atoms with Gasteiger partial charge >= 0.3 is 0 Å². The third-order valence-electron chi connectivity index (χ3n) is 1.87. The number of rotatable bonds is 5. The molecule has 0 aliphatic rings. The third kappa shape index (κ3) is 2.73. The van der Waals surface area contributed by atoms with Crippen LogP contribution < -0.4 is 0 Å². The molecule has 0 rings (SSSR count). The van der Waals surface area contributed by atoms with Gasteiger partial charge in [-0.25, -0.2) is 0 Å². The van der Waals surface area contributed by atoms with E-state index in [0.717, 1.165) is 0 Å². The van der Waals surface area contributed by atoms with Gasteiger partial charge in [-0.2, -0.15) is 0 Å². The Kier molecular flexibility index (Phi) is 3.44. The number of carbonyl (C=O) groups is 1. The molecule has 0 fully saturated rings. The quantitative estimate of drug-likeness (QED) is 0.317. The summed E-state index contributed by atoms with van der Waals surface area (Å²) >= 11 is 0. The highest BCUT2D eigenvalue weighted by Gasteiger charge is 2.43. The van der Waals surface area contributed by atoms with Gasteiger partial charge in [-0.05, 0) is 13.8 Å². The molecular weight excluding hydrogens is 192 g/mol. The van der Waals surface area contributed by atoms with Crippen LogP contribution in [0.5, 0.6) is 0 Å². The number of aliphatic hydroxyl groups excluding tert-OH is 4. The first kappa shape index (κ1) is 10.0. The van der Waals surface area contributed by atoms with Gasteiger partial charge in [0.1, 0.15) is 23.9 Å². The summed E-state index contributed by atoms with van der Waals surface area (Å²) in [5.74, 6) is 0. The molecule has 0 aromatic heterocycles. The molecular formula is C8H16O6. The number of aldehydes is 1. The van der Waals surface area contributed by atoms with Crippen molar-refractivity contribution in [1.29, 1.82) is 0 Å². The molecule has 6 nitrogen and oxygen atoms in total. The Hall–Kier alpha value is -0.530. The van der Waals surface area contributed by atoms with Crippen molar-refractivity contribution in [1.82, 2.24) is 0 Å². The zero-order valence-corrected chi connectivity index (χ0v) is 7.45. The van der Waals surface area contributed by atoms with E-state index in [4.69, 9.17) is 13.0 Å². The summed E-state index contributed by atoms with van der Waals surface area (Å²) in [5, 5.41) is 46.6. The van der Waals surface area contributed by atoms with Gasteiger partial charge in [-0.15, -0.1) is 0 Å². The van der Waals surface area contributed by atoms with Gasteiger partial charge in [0.2, 0.25) is 0 Å². The highest BCUT2D eigenvalue weighted by Crippen LogP contribution is 2.18. The summed E-state index contributed by atoms with van der Waals surface area (Å²) in [6, 6.07) is 0. The molecule has 1 unspecified atom stereocenters. The summed E-state index contributed by atoms with van der Waals surface area (Å²) in [6.45, 7) is -1.58. The molecule has 6 heteroatoms. The third-order valence-corrected chi connectivity index (χ3v) is 1.87. The van der Waals surface area contributed by atoms with Crippen LogP contribution in [0.2, 0.25) is 0 Å². The van der Waals surface area contributed by atoms with Crippen molar-refractivity contribution in [3.63, 3.8) is 0 Å². The fraction of sp³-hybridized carbons (Fsp3) is 0.875. The van der Waals surface area contributed by atoms with Crippen molar-refractivity contribution in [2.45, 2.75) is 43.8 Å². The molecule has 0 saturated carbocycles. The first-order chi connectivity index (χ1) is 7.34. The topological polar surface area (TPSA) is 118 Å². The molecule has 0 aromatic rings. The van der Waals surface area contributed by atoms with Crippen molar-refractivity contribution in [3.8, 4) is 0 Å². The van der Waals surface area contributed by atoms with Crippen LogP contribution in [0.25, 0.3) is 0 Å². The van der Waals surface area contributed by atoms with E-state index in [1.165, 1.54) is 0 Å². The lowest BCUT2D eigenvalue weighted by atomic mass is 9.88. The van der Waals surface area contributed by atoms with E-state index in [-0.39, 0.29) is 6.29 Å². The standard InChI is InChI=1S/C8H16O6/c1-4(10)6(12)7(13)8(2,14)5(11)3-9/h3-7,10-14H,1-2H3/t4?,5-,6+,7+,8+/m0/s1/i1D,2D. The maximum atomic E-state index is 10.3. The van der Waals surface area contributed by atoms with Gasteiger partial charge < -0.3 is 30.3 Å². The molecule has 14 heavy (non-hydrogen) atoms. The van der Waals surface area contributed by atoms with Gasteiger partial charge in [-0.3, -0.25) is 0 Å². The molecule has 0 aliphatic heterocycles. The fourth-order valence-electron chi connectivity index (χ4n) is 0.799. The van der Waals surface area contributed by atoms with E-state index in [2.05, 4.69) is 0 Å². The predicted molar refractivity (Wildman–Crippen MR) is 46.4 cm³/mol. The van der Waals surface area contributed by atoms with Crippen LogP contribution in [0.3, 0.4) is 0 Å². The minimum Gasteiger partial charge on any atom is -0.391 e. The Balaban J connectivity index is 4.88.